The predicted octanol–water partition coefficient (Wildman–Crippen LogP) is 1.90. The van der Waals surface area contributed by atoms with Crippen LogP contribution >= 0.6 is 23.8 Å². The van der Waals surface area contributed by atoms with Crippen molar-refractivity contribution in [3.8, 4) is 17.1 Å². The summed E-state index contributed by atoms with van der Waals surface area (Å²) in [5.41, 5.74) is 3.04. The molecule has 0 radical (unpaired) electrons. The molecule has 0 saturated heterocycles. The highest BCUT2D eigenvalue weighted by Gasteiger charge is 2.24. The van der Waals surface area contributed by atoms with Crippen LogP contribution in [0.5, 0.6) is 0 Å². The third-order valence-electron chi connectivity index (χ3n) is 3.85. The molecule has 2 N–H and O–H groups in total. The minimum Gasteiger partial charge on any atom is -1.00 e. The van der Waals surface area contributed by atoms with E-state index in [2.05, 4.69) is 38.9 Å². The van der Waals surface area contributed by atoms with Crippen molar-refractivity contribution in [2.24, 2.45) is 0 Å². The fraction of sp³-hybridized carbons (Fsp3) is 0. The van der Waals surface area contributed by atoms with Gasteiger partial charge in [0.05, 0.1) is 5.56 Å². The molecular weight excluding hydrogens is 408 g/mol. The van der Waals surface area contributed by atoms with Gasteiger partial charge < -0.3 is 17.7 Å². The Balaban J connectivity index is 0.00000225. The number of anilines is 2. The lowest BCUT2D eigenvalue weighted by atomic mass is 10.2. The SMILES string of the molecule is S=C(Nc1ccccc1)Nc1nc(-c2ccccc2)[n+](-c2ccccc2)s1.[Cl-]. The quantitative estimate of drug-likeness (QED) is 0.388. The monoisotopic (exact) mass is 424 g/mol. The van der Waals surface area contributed by atoms with Gasteiger partial charge in [0.1, 0.15) is 17.2 Å². The first-order valence-corrected chi connectivity index (χ1v) is 9.65. The Morgan fingerprint density at radius 1 is 0.786 bits per heavy atom. The third-order valence-corrected chi connectivity index (χ3v) is 4.99. The molecule has 140 valence electrons. The van der Waals surface area contributed by atoms with Crippen molar-refractivity contribution >= 4 is 39.7 Å². The van der Waals surface area contributed by atoms with Crippen LogP contribution in [-0.2, 0) is 0 Å². The van der Waals surface area contributed by atoms with Crippen LogP contribution in [0.2, 0.25) is 0 Å². The van der Waals surface area contributed by atoms with Gasteiger partial charge in [-0.15, -0.1) is 3.96 Å². The molecule has 4 nitrogen and oxygen atoms in total. The highest BCUT2D eigenvalue weighted by atomic mass is 35.5. The lowest BCUT2D eigenvalue weighted by molar-refractivity contribution is -0.509. The molecule has 0 amide bonds. The van der Waals surface area contributed by atoms with E-state index in [0.717, 1.165) is 27.9 Å². The minimum absolute atomic E-state index is 0. The van der Waals surface area contributed by atoms with E-state index < -0.39 is 0 Å². The van der Waals surface area contributed by atoms with Gasteiger partial charge in [0.2, 0.25) is 0 Å². The summed E-state index contributed by atoms with van der Waals surface area (Å²) < 4.78 is 2.10. The molecule has 0 unspecified atom stereocenters. The van der Waals surface area contributed by atoms with Gasteiger partial charge >= 0.3 is 11.0 Å². The van der Waals surface area contributed by atoms with E-state index in [1.165, 1.54) is 11.5 Å². The Labute approximate surface area is 179 Å². The van der Waals surface area contributed by atoms with Gasteiger partial charge in [0.15, 0.2) is 5.11 Å². The molecule has 0 aliphatic heterocycles. The van der Waals surface area contributed by atoms with Crippen LogP contribution in [0.4, 0.5) is 10.8 Å². The lowest BCUT2D eigenvalue weighted by Crippen LogP contribution is -3.00. The minimum atomic E-state index is 0. The number of thiocarbonyl (C=S) groups is 1. The van der Waals surface area contributed by atoms with Gasteiger partial charge in [0.25, 0.3) is 0 Å². The maximum Gasteiger partial charge on any atom is 0.350 e. The van der Waals surface area contributed by atoms with Gasteiger partial charge in [-0.05, 0) is 53.6 Å². The number of benzene rings is 3. The van der Waals surface area contributed by atoms with Crippen molar-refractivity contribution in [1.29, 1.82) is 0 Å². The predicted molar refractivity (Wildman–Crippen MR) is 115 cm³/mol. The number of rotatable bonds is 4. The molecule has 0 atom stereocenters. The molecule has 4 rings (SSSR count). The molecule has 7 heteroatoms. The molecule has 4 aromatic rings. The number of hydrogen-bond acceptors (Lipinski definition) is 3. The van der Waals surface area contributed by atoms with E-state index in [0.29, 0.717) is 5.11 Å². The summed E-state index contributed by atoms with van der Waals surface area (Å²) in [6, 6.07) is 30.1. The van der Waals surface area contributed by atoms with Crippen molar-refractivity contribution < 1.29 is 16.4 Å². The van der Waals surface area contributed by atoms with Crippen LogP contribution in [0.15, 0.2) is 91.0 Å². The molecule has 1 aromatic heterocycles. The number of halogens is 1. The molecule has 0 aliphatic rings. The maximum absolute atomic E-state index is 5.44. The Bertz CT molecular complexity index is 981. The molecule has 3 aromatic carbocycles. The van der Waals surface area contributed by atoms with Gasteiger partial charge in [-0.25, -0.2) is 0 Å². The van der Waals surface area contributed by atoms with Crippen LogP contribution in [0.25, 0.3) is 17.1 Å². The smallest absolute Gasteiger partial charge is 0.350 e. The van der Waals surface area contributed by atoms with Crippen molar-refractivity contribution in [2.75, 3.05) is 10.6 Å². The lowest BCUT2D eigenvalue weighted by Gasteiger charge is -2.05. The van der Waals surface area contributed by atoms with Gasteiger partial charge in [0, 0.05) is 5.69 Å². The van der Waals surface area contributed by atoms with E-state index in [1.54, 1.807) is 0 Å². The second-order valence-corrected chi connectivity index (χ2v) is 7.12. The standard InChI is InChI=1S/C21H16N4S2.ClH/c26-20(22-17-12-6-2-7-13-17)24-21-23-19(16-10-4-1-5-11-16)25(27-21)18-14-8-3-9-15-18;/h1-15H,(H,22,26);1H. The number of para-hydroxylation sites is 2. The molecule has 0 bridgehead atoms. The number of nitrogens with zero attached hydrogens (tertiary/aromatic N) is 2. The van der Waals surface area contributed by atoms with Gasteiger partial charge in [-0.3, -0.25) is 5.32 Å². The maximum atomic E-state index is 5.44. The number of nitrogens with one attached hydrogen (secondary N) is 2. The Morgan fingerprint density at radius 2 is 1.36 bits per heavy atom. The normalized spacial score (nSPS) is 10.0. The van der Waals surface area contributed by atoms with Crippen molar-refractivity contribution in [3.63, 3.8) is 0 Å². The zero-order valence-electron chi connectivity index (χ0n) is 14.7. The average molecular weight is 425 g/mol. The van der Waals surface area contributed by atoms with Crippen LogP contribution in [0.1, 0.15) is 0 Å². The third kappa shape index (κ3) is 4.72. The van der Waals surface area contributed by atoms with Crippen LogP contribution < -0.4 is 27.0 Å². The van der Waals surface area contributed by atoms with Gasteiger partial charge in [-0.1, -0.05) is 54.6 Å². The Morgan fingerprint density at radius 3 is 2.00 bits per heavy atom. The summed E-state index contributed by atoms with van der Waals surface area (Å²) in [5, 5.41) is 7.61. The van der Waals surface area contributed by atoms with E-state index in [9.17, 15) is 0 Å². The summed E-state index contributed by atoms with van der Waals surface area (Å²) in [4.78, 5) is 4.78. The summed E-state index contributed by atoms with van der Waals surface area (Å²) in [7, 11) is 0. The summed E-state index contributed by atoms with van der Waals surface area (Å²) in [6.07, 6.45) is 0. The topological polar surface area (TPSA) is 40.8 Å². The Hall–Kier alpha value is -2.80. The van der Waals surface area contributed by atoms with Crippen LogP contribution in [0.3, 0.4) is 0 Å². The summed E-state index contributed by atoms with van der Waals surface area (Å²) in [5.74, 6) is 0.872. The highest BCUT2D eigenvalue weighted by Crippen LogP contribution is 2.22. The zero-order valence-corrected chi connectivity index (χ0v) is 17.1. The van der Waals surface area contributed by atoms with Crippen molar-refractivity contribution in [2.45, 2.75) is 0 Å². The summed E-state index contributed by atoms with van der Waals surface area (Å²) in [6.45, 7) is 0. The number of aromatic nitrogens is 2. The molecule has 0 saturated carbocycles. The summed E-state index contributed by atoms with van der Waals surface area (Å²) >= 11 is 6.95. The Kier molecular flexibility index (Phi) is 6.71. The molecule has 28 heavy (non-hydrogen) atoms. The van der Waals surface area contributed by atoms with E-state index in [4.69, 9.17) is 17.2 Å². The van der Waals surface area contributed by atoms with E-state index in [1.807, 2.05) is 66.7 Å². The van der Waals surface area contributed by atoms with E-state index >= 15 is 0 Å². The molecule has 0 aliphatic carbocycles. The van der Waals surface area contributed by atoms with Crippen molar-refractivity contribution in [3.05, 3.63) is 91.0 Å². The molecule has 1 heterocycles. The zero-order chi connectivity index (χ0) is 18.5. The number of hydrogen-bond donors (Lipinski definition) is 2. The average Bonchev–Trinajstić information content (AvgIpc) is 3.14. The molecule has 0 spiro atoms. The fourth-order valence-corrected chi connectivity index (χ4v) is 3.82. The second-order valence-electron chi connectivity index (χ2n) is 5.77. The first kappa shape index (κ1) is 19.9. The second kappa shape index (κ2) is 9.41. The van der Waals surface area contributed by atoms with Crippen LogP contribution in [-0.4, -0.2) is 10.1 Å². The largest absolute Gasteiger partial charge is 1.00 e. The highest BCUT2D eigenvalue weighted by molar-refractivity contribution is 7.80. The van der Waals surface area contributed by atoms with Gasteiger partial charge in [-0.2, -0.15) is 0 Å². The van der Waals surface area contributed by atoms with Crippen molar-refractivity contribution in [1.82, 2.24) is 4.98 Å². The first-order valence-electron chi connectivity index (χ1n) is 8.47. The van der Waals surface area contributed by atoms with Crippen LogP contribution in [0, 0.1) is 0 Å². The molecule has 0 fully saturated rings. The fourth-order valence-electron chi connectivity index (χ4n) is 2.63. The van der Waals surface area contributed by atoms with E-state index in [-0.39, 0.29) is 12.4 Å². The first-order chi connectivity index (χ1) is 13.3. The molecular formula is C21H17ClN4S2.